The third-order valence-electron chi connectivity index (χ3n) is 2.58. The summed E-state index contributed by atoms with van der Waals surface area (Å²) in [4.78, 5) is 6.50. The van der Waals surface area contributed by atoms with E-state index in [1.54, 1.807) is 0 Å². The van der Waals surface area contributed by atoms with Crippen molar-refractivity contribution in [2.75, 3.05) is 11.9 Å². The van der Waals surface area contributed by atoms with Gasteiger partial charge in [-0.3, -0.25) is 0 Å². The van der Waals surface area contributed by atoms with Gasteiger partial charge in [0.2, 0.25) is 0 Å². The molecule has 1 unspecified atom stereocenters. The maximum absolute atomic E-state index is 5.77. The minimum Gasteiger partial charge on any atom is -0.357 e. The van der Waals surface area contributed by atoms with Gasteiger partial charge in [-0.1, -0.05) is 6.92 Å². The molecule has 0 fully saturated rings. The molecule has 0 spiro atoms. The Kier molecular flexibility index (Phi) is 4.21. The van der Waals surface area contributed by atoms with E-state index >= 15 is 0 Å². The van der Waals surface area contributed by atoms with Crippen LogP contribution >= 0.6 is 11.6 Å². The Morgan fingerprint density at radius 3 is 2.86 bits per heavy atom. The molecule has 1 aromatic heterocycles. The van der Waals surface area contributed by atoms with Crippen LogP contribution in [0, 0.1) is 0 Å². The number of hydrogen-bond donors (Lipinski definition) is 0. The molecule has 1 atom stereocenters. The van der Waals surface area contributed by atoms with Gasteiger partial charge in [0, 0.05) is 25.2 Å². The maximum Gasteiger partial charge on any atom is 0.128 e. The summed E-state index contributed by atoms with van der Waals surface area (Å²) in [7, 11) is 2.06. The third-order valence-corrected chi connectivity index (χ3v) is 2.89. The van der Waals surface area contributed by atoms with E-state index in [-0.39, 0.29) is 0 Å². The summed E-state index contributed by atoms with van der Waals surface area (Å²) in [5.74, 6) is 1.54. The molecule has 0 bridgehead atoms. The number of nitrogens with zero attached hydrogens (tertiary/aromatic N) is 2. The van der Waals surface area contributed by atoms with Gasteiger partial charge in [0.25, 0.3) is 0 Å². The zero-order valence-electron chi connectivity index (χ0n) is 9.00. The molecule has 14 heavy (non-hydrogen) atoms. The highest BCUT2D eigenvalue weighted by Gasteiger charge is 2.08. The van der Waals surface area contributed by atoms with Crippen molar-refractivity contribution in [3.8, 4) is 0 Å². The second kappa shape index (κ2) is 5.20. The van der Waals surface area contributed by atoms with E-state index in [0.29, 0.717) is 11.9 Å². The van der Waals surface area contributed by atoms with E-state index in [1.165, 1.54) is 0 Å². The molecule has 3 heteroatoms. The van der Waals surface area contributed by atoms with Gasteiger partial charge in [-0.15, -0.1) is 11.6 Å². The first kappa shape index (κ1) is 11.3. The summed E-state index contributed by atoms with van der Waals surface area (Å²) in [6, 6.07) is 4.49. The molecule has 0 N–H and O–H groups in total. The second-order valence-electron chi connectivity index (χ2n) is 3.52. The van der Waals surface area contributed by atoms with Crippen LogP contribution in [0.2, 0.25) is 0 Å². The van der Waals surface area contributed by atoms with Crippen molar-refractivity contribution in [1.29, 1.82) is 0 Å². The number of aromatic nitrogens is 1. The maximum atomic E-state index is 5.77. The molecule has 0 radical (unpaired) electrons. The lowest BCUT2D eigenvalue weighted by atomic mass is 10.2. The minimum atomic E-state index is 0.507. The van der Waals surface area contributed by atoms with Crippen LogP contribution in [-0.2, 0) is 5.88 Å². The number of anilines is 1. The Morgan fingerprint density at radius 2 is 2.29 bits per heavy atom. The van der Waals surface area contributed by atoms with Crippen LogP contribution in [0.4, 0.5) is 5.82 Å². The van der Waals surface area contributed by atoms with Crippen molar-refractivity contribution >= 4 is 17.4 Å². The van der Waals surface area contributed by atoms with Gasteiger partial charge in [-0.25, -0.2) is 4.98 Å². The highest BCUT2D eigenvalue weighted by atomic mass is 35.5. The SMILES string of the molecule is CCC(C)N(C)c1cc(CCl)ccn1. The Morgan fingerprint density at radius 1 is 1.57 bits per heavy atom. The van der Waals surface area contributed by atoms with E-state index < -0.39 is 0 Å². The lowest BCUT2D eigenvalue weighted by Gasteiger charge is -2.25. The first-order valence-corrected chi connectivity index (χ1v) is 5.46. The molecule has 2 nitrogen and oxygen atoms in total. The van der Waals surface area contributed by atoms with Crippen LogP contribution < -0.4 is 4.90 Å². The summed E-state index contributed by atoms with van der Waals surface area (Å²) in [5.41, 5.74) is 1.12. The van der Waals surface area contributed by atoms with E-state index in [1.807, 2.05) is 18.3 Å². The Hall–Kier alpha value is -0.760. The average molecular weight is 213 g/mol. The second-order valence-corrected chi connectivity index (χ2v) is 3.79. The molecule has 78 valence electrons. The standard InChI is InChI=1S/C11H17ClN2/c1-4-9(2)14(3)11-7-10(8-12)5-6-13-11/h5-7,9H,4,8H2,1-3H3. The average Bonchev–Trinajstić information content (AvgIpc) is 2.27. The van der Waals surface area contributed by atoms with Gasteiger partial charge in [0.05, 0.1) is 0 Å². The van der Waals surface area contributed by atoms with Crippen LogP contribution in [0.1, 0.15) is 25.8 Å². The van der Waals surface area contributed by atoms with Gasteiger partial charge in [-0.2, -0.15) is 0 Å². The van der Waals surface area contributed by atoms with Crippen molar-refractivity contribution in [2.45, 2.75) is 32.2 Å². The largest absolute Gasteiger partial charge is 0.357 e. The molecular formula is C11H17ClN2. The lowest BCUT2D eigenvalue weighted by molar-refractivity contribution is 0.656. The normalized spacial score (nSPS) is 12.6. The number of halogens is 1. The van der Waals surface area contributed by atoms with Crippen molar-refractivity contribution in [3.05, 3.63) is 23.9 Å². The molecule has 0 aliphatic carbocycles. The Labute approximate surface area is 90.9 Å². The molecule has 0 aromatic carbocycles. The zero-order chi connectivity index (χ0) is 10.6. The van der Waals surface area contributed by atoms with Gasteiger partial charge < -0.3 is 4.90 Å². The van der Waals surface area contributed by atoms with Crippen molar-refractivity contribution < 1.29 is 0 Å². The summed E-state index contributed by atoms with van der Waals surface area (Å²) in [5, 5.41) is 0. The van der Waals surface area contributed by atoms with Gasteiger partial charge in [-0.05, 0) is 31.0 Å². The monoisotopic (exact) mass is 212 g/mol. The summed E-state index contributed by atoms with van der Waals surface area (Å²) < 4.78 is 0. The first-order valence-electron chi connectivity index (χ1n) is 4.92. The summed E-state index contributed by atoms with van der Waals surface area (Å²) in [6.07, 6.45) is 2.93. The third kappa shape index (κ3) is 2.61. The molecule has 0 saturated heterocycles. The predicted molar refractivity (Wildman–Crippen MR) is 62.0 cm³/mol. The van der Waals surface area contributed by atoms with Crippen molar-refractivity contribution in [3.63, 3.8) is 0 Å². The van der Waals surface area contributed by atoms with Gasteiger partial charge >= 0.3 is 0 Å². The van der Waals surface area contributed by atoms with E-state index in [9.17, 15) is 0 Å². The van der Waals surface area contributed by atoms with Gasteiger partial charge in [0.1, 0.15) is 5.82 Å². The highest BCUT2D eigenvalue weighted by Crippen LogP contribution is 2.15. The highest BCUT2D eigenvalue weighted by molar-refractivity contribution is 6.17. The van der Waals surface area contributed by atoms with Crippen LogP contribution in [0.3, 0.4) is 0 Å². The number of alkyl halides is 1. The predicted octanol–water partition coefficient (Wildman–Crippen LogP) is 3.06. The minimum absolute atomic E-state index is 0.507. The van der Waals surface area contributed by atoms with E-state index in [0.717, 1.165) is 17.8 Å². The fourth-order valence-corrected chi connectivity index (χ4v) is 1.40. The topological polar surface area (TPSA) is 16.1 Å². The van der Waals surface area contributed by atoms with Crippen LogP contribution in [0.15, 0.2) is 18.3 Å². The van der Waals surface area contributed by atoms with Crippen LogP contribution in [0.25, 0.3) is 0 Å². The molecule has 1 rings (SSSR count). The Bertz CT molecular complexity index is 288. The smallest absolute Gasteiger partial charge is 0.128 e. The molecule has 0 aliphatic heterocycles. The Balaban J connectivity index is 2.83. The summed E-state index contributed by atoms with van der Waals surface area (Å²) in [6.45, 7) is 4.36. The number of pyridine rings is 1. The molecule has 0 amide bonds. The number of rotatable bonds is 4. The lowest BCUT2D eigenvalue weighted by Crippen LogP contribution is -2.28. The molecule has 0 aliphatic rings. The summed E-state index contributed by atoms with van der Waals surface area (Å²) >= 11 is 5.77. The van der Waals surface area contributed by atoms with Gasteiger partial charge in [0.15, 0.2) is 0 Å². The fourth-order valence-electron chi connectivity index (χ4n) is 1.24. The van der Waals surface area contributed by atoms with E-state index in [4.69, 9.17) is 11.6 Å². The van der Waals surface area contributed by atoms with Crippen LogP contribution in [-0.4, -0.2) is 18.1 Å². The molecular weight excluding hydrogens is 196 g/mol. The molecule has 1 aromatic rings. The van der Waals surface area contributed by atoms with Crippen LogP contribution in [0.5, 0.6) is 0 Å². The quantitative estimate of drug-likeness (QED) is 0.714. The first-order chi connectivity index (χ1) is 6.69. The molecule has 0 saturated carbocycles. The van der Waals surface area contributed by atoms with Crippen molar-refractivity contribution in [2.24, 2.45) is 0 Å². The molecule has 1 heterocycles. The fraction of sp³-hybridized carbons (Fsp3) is 0.545. The zero-order valence-corrected chi connectivity index (χ0v) is 9.75. The van der Waals surface area contributed by atoms with Crippen molar-refractivity contribution in [1.82, 2.24) is 4.98 Å². The number of hydrogen-bond acceptors (Lipinski definition) is 2. The van der Waals surface area contributed by atoms with E-state index in [2.05, 4.69) is 30.8 Å².